The van der Waals surface area contributed by atoms with E-state index in [1.807, 2.05) is 47.3 Å². The van der Waals surface area contributed by atoms with E-state index in [9.17, 15) is 0 Å². The lowest BCUT2D eigenvalue weighted by Gasteiger charge is -1.99. The molecule has 0 bridgehead atoms. The molecule has 3 aromatic rings. The maximum Gasteiger partial charge on any atom is 0.156 e. The molecule has 0 aliphatic carbocycles. The monoisotopic (exact) mass is 217 g/mol. The predicted octanol–water partition coefficient (Wildman–Crippen LogP) is 2.98. The highest BCUT2D eigenvalue weighted by atomic mass is 35.5. The van der Waals surface area contributed by atoms with Gasteiger partial charge in [-0.05, 0) is 24.3 Å². The van der Waals surface area contributed by atoms with Crippen molar-refractivity contribution in [3.8, 4) is 11.4 Å². The van der Waals surface area contributed by atoms with Gasteiger partial charge in [0.1, 0.15) is 0 Å². The number of nitrogens with one attached hydrogen (secondary N) is 1. The Balaban J connectivity index is 2.34. The smallest absolute Gasteiger partial charge is 0.156 e. The van der Waals surface area contributed by atoms with Crippen molar-refractivity contribution in [2.24, 2.45) is 0 Å². The summed E-state index contributed by atoms with van der Waals surface area (Å²) in [5.74, 6) is 0. The molecule has 3 heterocycles. The second-order valence-electron chi connectivity index (χ2n) is 3.28. The molecule has 0 spiro atoms. The lowest BCUT2D eigenvalue weighted by molar-refractivity contribution is 1.18. The highest BCUT2D eigenvalue weighted by Gasteiger charge is 2.07. The van der Waals surface area contributed by atoms with Crippen LogP contribution >= 0.6 is 11.6 Å². The average molecular weight is 218 g/mol. The summed E-state index contributed by atoms with van der Waals surface area (Å²) in [6.45, 7) is 0. The van der Waals surface area contributed by atoms with Crippen molar-refractivity contribution in [1.29, 1.82) is 0 Å². The van der Waals surface area contributed by atoms with Crippen LogP contribution in [0.15, 0.2) is 42.9 Å². The molecule has 0 fully saturated rings. The van der Waals surface area contributed by atoms with Gasteiger partial charge in [0.05, 0.1) is 22.6 Å². The zero-order valence-electron chi connectivity index (χ0n) is 7.81. The van der Waals surface area contributed by atoms with E-state index in [0.29, 0.717) is 5.02 Å². The van der Waals surface area contributed by atoms with Gasteiger partial charge in [0.2, 0.25) is 0 Å². The van der Waals surface area contributed by atoms with Crippen molar-refractivity contribution in [3.63, 3.8) is 0 Å². The minimum Gasteiger partial charge on any atom is -0.360 e. The lowest BCUT2D eigenvalue weighted by atomic mass is 10.3. The quantitative estimate of drug-likeness (QED) is 0.668. The fourth-order valence-corrected chi connectivity index (χ4v) is 1.88. The fraction of sp³-hybridized carbons (Fsp3) is 0. The van der Waals surface area contributed by atoms with Crippen molar-refractivity contribution < 1.29 is 0 Å². The summed E-state index contributed by atoms with van der Waals surface area (Å²) >= 11 is 6.04. The van der Waals surface area contributed by atoms with Crippen molar-refractivity contribution in [3.05, 3.63) is 47.9 Å². The number of nitrogens with zero attached hydrogens (tertiary/aromatic N) is 2. The maximum absolute atomic E-state index is 6.04. The molecule has 0 unspecified atom stereocenters. The topological polar surface area (TPSA) is 33.1 Å². The summed E-state index contributed by atoms with van der Waals surface area (Å²) in [6, 6.07) is 7.70. The standard InChI is InChI=1S/C11H8ClN3/c12-8-3-2-6-15-10(7-14-11(8)15)9-4-1-5-13-9/h1-7,13H. The Labute approximate surface area is 91.3 Å². The molecule has 3 rings (SSSR count). The molecule has 74 valence electrons. The summed E-state index contributed by atoms with van der Waals surface area (Å²) < 4.78 is 1.97. The van der Waals surface area contributed by atoms with Crippen molar-refractivity contribution in [1.82, 2.24) is 14.4 Å². The summed E-state index contributed by atoms with van der Waals surface area (Å²) in [7, 11) is 0. The molecule has 0 atom stereocenters. The van der Waals surface area contributed by atoms with Crippen LogP contribution < -0.4 is 0 Å². The minimum absolute atomic E-state index is 0.662. The van der Waals surface area contributed by atoms with E-state index >= 15 is 0 Å². The number of halogens is 1. The Morgan fingerprint density at radius 3 is 3.00 bits per heavy atom. The van der Waals surface area contributed by atoms with E-state index in [1.54, 1.807) is 0 Å². The Hall–Kier alpha value is -1.74. The zero-order valence-corrected chi connectivity index (χ0v) is 8.57. The Morgan fingerprint density at radius 1 is 1.27 bits per heavy atom. The number of fused-ring (bicyclic) bond motifs is 1. The number of rotatable bonds is 1. The highest BCUT2D eigenvalue weighted by molar-refractivity contribution is 6.33. The first-order chi connectivity index (χ1) is 7.36. The average Bonchev–Trinajstić information content (AvgIpc) is 2.85. The van der Waals surface area contributed by atoms with Gasteiger partial charge in [0.25, 0.3) is 0 Å². The first kappa shape index (κ1) is 8.56. The van der Waals surface area contributed by atoms with Gasteiger partial charge in [-0.2, -0.15) is 0 Å². The van der Waals surface area contributed by atoms with Crippen molar-refractivity contribution in [2.45, 2.75) is 0 Å². The lowest BCUT2D eigenvalue weighted by Crippen LogP contribution is -1.87. The highest BCUT2D eigenvalue weighted by Crippen LogP contribution is 2.22. The number of pyridine rings is 1. The van der Waals surface area contributed by atoms with Crippen LogP contribution in [0.2, 0.25) is 5.02 Å². The summed E-state index contributed by atoms with van der Waals surface area (Å²) in [5, 5.41) is 0.662. The number of aromatic amines is 1. The van der Waals surface area contributed by atoms with Crippen LogP contribution in [0.3, 0.4) is 0 Å². The van der Waals surface area contributed by atoms with Crippen LogP contribution in [0.5, 0.6) is 0 Å². The van der Waals surface area contributed by atoms with Crippen LogP contribution in [-0.2, 0) is 0 Å². The molecule has 0 aliphatic rings. The molecule has 0 saturated heterocycles. The van der Waals surface area contributed by atoms with Crippen LogP contribution in [0.25, 0.3) is 17.0 Å². The predicted molar refractivity (Wildman–Crippen MR) is 60.0 cm³/mol. The molecule has 15 heavy (non-hydrogen) atoms. The summed E-state index contributed by atoms with van der Waals surface area (Å²) in [4.78, 5) is 7.43. The second kappa shape index (κ2) is 3.14. The number of hydrogen-bond acceptors (Lipinski definition) is 1. The Morgan fingerprint density at radius 2 is 2.20 bits per heavy atom. The summed E-state index contributed by atoms with van der Waals surface area (Å²) in [5.41, 5.74) is 2.83. The third kappa shape index (κ3) is 1.24. The third-order valence-electron chi connectivity index (χ3n) is 2.36. The van der Waals surface area contributed by atoms with Gasteiger partial charge in [0.15, 0.2) is 5.65 Å². The van der Waals surface area contributed by atoms with E-state index in [1.165, 1.54) is 0 Å². The first-order valence-electron chi connectivity index (χ1n) is 4.61. The van der Waals surface area contributed by atoms with Gasteiger partial charge >= 0.3 is 0 Å². The molecule has 0 aromatic carbocycles. The van der Waals surface area contributed by atoms with Crippen LogP contribution in [0, 0.1) is 0 Å². The van der Waals surface area contributed by atoms with Gasteiger partial charge in [-0.1, -0.05) is 11.6 Å². The molecular weight excluding hydrogens is 210 g/mol. The largest absolute Gasteiger partial charge is 0.360 e. The molecule has 3 aromatic heterocycles. The SMILES string of the molecule is Clc1cccn2c(-c3ccc[nH]3)cnc12. The van der Waals surface area contributed by atoms with Gasteiger partial charge < -0.3 is 4.98 Å². The van der Waals surface area contributed by atoms with E-state index in [0.717, 1.165) is 17.0 Å². The normalized spacial score (nSPS) is 11.0. The van der Waals surface area contributed by atoms with Crippen molar-refractivity contribution in [2.75, 3.05) is 0 Å². The Bertz CT molecular complexity index is 595. The zero-order chi connectivity index (χ0) is 10.3. The molecule has 0 amide bonds. The summed E-state index contributed by atoms with van der Waals surface area (Å²) in [6.07, 6.45) is 5.65. The molecular formula is C11H8ClN3. The van der Waals surface area contributed by atoms with Crippen LogP contribution in [0.4, 0.5) is 0 Å². The van der Waals surface area contributed by atoms with E-state index in [2.05, 4.69) is 9.97 Å². The molecule has 0 aliphatic heterocycles. The molecule has 3 nitrogen and oxygen atoms in total. The fourth-order valence-electron chi connectivity index (χ4n) is 1.67. The number of aromatic nitrogens is 3. The van der Waals surface area contributed by atoms with E-state index in [4.69, 9.17) is 11.6 Å². The molecule has 0 radical (unpaired) electrons. The number of imidazole rings is 1. The van der Waals surface area contributed by atoms with Gasteiger partial charge in [-0.15, -0.1) is 0 Å². The van der Waals surface area contributed by atoms with Crippen molar-refractivity contribution >= 4 is 17.2 Å². The third-order valence-corrected chi connectivity index (χ3v) is 2.66. The van der Waals surface area contributed by atoms with E-state index < -0.39 is 0 Å². The number of hydrogen-bond donors (Lipinski definition) is 1. The minimum atomic E-state index is 0.662. The molecule has 4 heteroatoms. The molecule has 1 N–H and O–H groups in total. The molecule has 0 saturated carbocycles. The maximum atomic E-state index is 6.04. The second-order valence-corrected chi connectivity index (χ2v) is 3.68. The van der Waals surface area contributed by atoms with Gasteiger partial charge in [0, 0.05) is 12.4 Å². The Kier molecular flexibility index (Phi) is 1.79. The van der Waals surface area contributed by atoms with Gasteiger partial charge in [-0.3, -0.25) is 4.40 Å². The van der Waals surface area contributed by atoms with Crippen LogP contribution in [-0.4, -0.2) is 14.4 Å². The van der Waals surface area contributed by atoms with Gasteiger partial charge in [-0.25, -0.2) is 4.98 Å². The number of H-pyrrole nitrogens is 1. The van der Waals surface area contributed by atoms with Crippen LogP contribution in [0.1, 0.15) is 0 Å². The first-order valence-corrected chi connectivity index (χ1v) is 4.99. The van der Waals surface area contributed by atoms with E-state index in [-0.39, 0.29) is 0 Å².